The summed E-state index contributed by atoms with van der Waals surface area (Å²) in [4.78, 5) is 13.2. The Morgan fingerprint density at radius 3 is 2.83 bits per heavy atom. The summed E-state index contributed by atoms with van der Waals surface area (Å²) in [6.45, 7) is 6.84. The molecule has 0 aromatic heterocycles. The van der Waals surface area contributed by atoms with E-state index in [0.29, 0.717) is 18.7 Å². The van der Waals surface area contributed by atoms with Crippen molar-refractivity contribution in [1.29, 1.82) is 0 Å². The van der Waals surface area contributed by atoms with Gasteiger partial charge in [-0.15, -0.1) is 0 Å². The zero-order valence-electron chi connectivity index (χ0n) is 13.6. The Labute approximate surface area is 141 Å². The molecule has 8 heteroatoms. The van der Waals surface area contributed by atoms with Crippen LogP contribution in [-0.4, -0.2) is 45.5 Å². The third-order valence-corrected chi connectivity index (χ3v) is 5.21. The highest BCUT2D eigenvalue weighted by Crippen LogP contribution is 2.15. The number of nitrogens with one attached hydrogen (secondary N) is 2. The summed E-state index contributed by atoms with van der Waals surface area (Å²) < 4.78 is 40.2. The number of aryl methyl sites for hydroxylation is 1. The minimum Gasteiger partial charge on any atom is -0.337 e. The molecule has 0 radical (unpaired) electrons. The highest BCUT2D eigenvalue weighted by molar-refractivity contribution is 7.89. The van der Waals surface area contributed by atoms with Crippen molar-refractivity contribution in [2.45, 2.75) is 24.7 Å². The first kappa shape index (κ1) is 18.4. The van der Waals surface area contributed by atoms with Crippen molar-refractivity contribution in [3.63, 3.8) is 0 Å². The minimum atomic E-state index is -3.95. The maximum atomic E-state index is 13.7. The second-order valence-electron chi connectivity index (χ2n) is 5.84. The van der Waals surface area contributed by atoms with Gasteiger partial charge in [0.1, 0.15) is 10.7 Å². The van der Waals surface area contributed by atoms with Crippen molar-refractivity contribution in [3.05, 3.63) is 41.7 Å². The number of hydrogen-bond acceptors (Lipinski definition) is 3. The molecule has 1 aliphatic heterocycles. The topological polar surface area (TPSA) is 78.5 Å². The first-order valence-electron chi connectivity index (χ1n) is 7.75. The predicted molar refractivity (Wildman–Crippen MR) is 89.7 cm³/mol. The van der Waals surface area contributed by atoms with Gasteiger partial charge in [-0.05, 0) is 37.5 Å². The number of likely N-dealkylation sites (tertiary alicyclic amines) is 1. The molecule has 1 saturated heterocycles. The van der Waals surface area contributed by atoms with E-state index in [0.717, 1.165) is 24.5 Å². The quantitative estimate of drug-likeness (QED) is 0.624. The van der Waals surface area contributed by atoms with Gasteiger partial charge in [0.15, 0.2) is 0 Å². The van der Waals surface area contributed by atoms with Gasteiger partial charge in [0.25, 0.3) is 0 Å². The van der Waals surface area contributed by atoms with Gasteiger partial charge >= 0.3 is 6.03 Å². The molecular formula is C16H22FN3O3S. The molecule has 24 heavy (non-hydrogen) atoms. The van der Waals surface area contributed by atoms with E-state index in [1.807, 2.05) is 0 Å². The maximum absolute atomic E-state index is 13.7. The number of rotatable bonds is 5. The molecule has 0 atom stereocenters. The summed E-state index contributed by atoms with van der Waals surface area (Å²) in [7, 11) is -3.95. The Hall–Kier alpha value is -1.93. The monoisotopic (exact) mass is 355 g/mol. The molecule has 0 aliphatic carbocycles. The lowest BCUT2D eigenvalue weighted by molar-refractivity contribution is 0.196. The van der Waals surface area contributed by atoms with Crippen LogP contribution in [0.4, 0.5) is 9.18 Å². The van der Waals surface area contributed by atoms with Crippen LogP contribution in [-0.2, 0) is 10.0 Å². The minimum absolute atomic E-state index is 0.0176. The largest absolute Gasteiger partial charge is 0.337 e. The van der Waals surface area contributed by atoms with Crippen LogP contribution in [0.3, 0.4) is 0 Å². The highest BCUT2D eigenvalue weighted by atomic mass is 32.2. The molecule has 0 spiro atoms. The van der Waals surface area contributed by atoms with Crippen LogP contribution in [0.15, 0.2) is 35.2 Å². The molecule has 1 aromatic rings. The molecule has 1 aliphatic rings. The van der Waals surface area contributed by atoms with Crippen LogP contribution < -0.4 is 10.0 Å². The van der Waals surface area contributed by atoms with E-state index in [1.54, 1.807) is 11.8 Å². The van der Waals surface area contributed by atoms with E-state index in [-0.39, 0.29) is 24.0 Å². The zero-order valence-corrected chi connectivity index (χ0v) is 14.5. The third kappa shape index (κ3) is 4.78. The Morgan fingerprint density at radius 1 is 1.38 bits per heavy atom. The number of carbonyl (C=O) groups excluding carboxylic acids is 1. The lowest BCUT2D eigenvalue weighted by Gasteiger charge is -2.28. The fourth-order valence-electron chi connectivity index (χ4n) is 2.48. The number of sulfonamides is 1. The van der Waals surface area contributed by atoms with Gasteiger partial charge in [0.2, 0.25) is 10.0 Å². The molecule has 0 bridgehead atoms. The van der Waals surface area contributed by atoms with Gasteiger partial charge in [-0.25, -0.2) is 22.3 Å². The standard InChI is InChI=1S/C16H22FN3O3S/c1-12-5-6-14(17)15(10-12)24(22,23)19-8-7-18-16(21)20-9-3-4-13(2)11-20/h5-6,10,19H,2-4,7-9,11H2,1H3,(H,18,21). The van der Waals surface area contributed by atoms with Crippen molar-refractivity contribution >= 4 is 16.1 Å². The second kappa shape index (κ2) is 7.76. The molecule has 132 valence electrons. The maximum Gasteiger partial charge on any atom is 0.317 e. The van der Waals surface area contributed by atoms with Gasteiger partial charge in [-0.1, -0.05) is 18.2 Å². The molecule has 1 fully saturated rings. The van der Waals surface area contributed by atoms with E-state index in [4.69, 9.17) is 0 Å². The summed E-state index contributed by atoms with van der Waals surface area (Å²) in [6.07, 6.45) is 1.80. The number of urea groups is 1. The van der Waals surface area contributed by atoms with Crippen molar-refractivity contribution in [3.8, 4) is 0 Å². The van der Waals surface area contributed by atoms with E-state index in [2.05, 4.69) is 16.6 Å². The van der Waals surface area contributed by atoms with Crippen molar-refractivity contribution in [2.75, 3.05) is 26.2 Å². The van der Waals surface area contributed by atoms with E-state index in [1.165, 1.54) is 12.1 Å². The summed E-state index contributed by atoms with van der Waals surface area (Å²) in [6, 6.07) is 3.64. The lowest BCUT2D eigenvalue weighted by atomic mass is 10.1. The van der Waals surface area contributed by atoms with Crippen LogP contribution in [0.2, 0.25) is 0 Å². The smallest absolute Gasteiger partial charge is 0.317 e. The Morgan fingerprint density at radius 2 is 2.12 bits per heavy atom. The van der Waals surface area contributed by atoms with E-state index < -0.39 is 15.8 Å². The fourth-order valence-corrected chi connectivity index (χ4v) is 3.67. The summed E-state index contributed by atoms with van der Waals surface area (Å²) in [5.74, 6) is -0.802. The first-order valence-corrected chi connectivity index (χ1v) is 9.23. The Bertz CT molecular complexity index is 734. The normalized spacial score (nSPS) is 15.4. The molecule has 6 nitrogen and oxygen atoms in total. The fraction of sp³-hybridized carbons (Fsp3) is 0.438. The van der Waals surface area contributed by atoms with E-state index >= 15 is 0 Å². The molecule has 2 amide bonds. The predicted octanol–water partition coefficient (Wildman–Crippen LogP) is 1.77. The van der Waals surface area contributed by atoms with Crippen molar-refractivity contribution in [1.82, 2.24) is 14.9 Å². The van der Waals surface area contributed by atoms with Crippen LogP contribution in [0.5, 0.6) is 0 Å². The van der Waals surface area contributed by atoms with Gasteiger partial charge in [-0.3, -0.25) is 0 Å². The first-order chi connectivity index (χ1) is 11.3. The van der Waals surface area contributed by atoms with Crippen molar-refractivity contribution < 1.29 is 17.6 Å². The number of hydrogen-bond donors (Lipinski definition) is 2. The van der Waals surface area contributed by atoms with Crippen LogP contribution in [0.25, 0.3) is 0 Å². The lowest BCUT2D eigenvalue weighted by Crippen LogP contribution is -2.45. The summed E-state index contributed by atoms with van der Waals surface area (Å²) in [5, 5.41) is 2.65. The molecule has 1 heterocycles. The number of amides is 2. The Kier molecular flexibility index (Phi) is 5.95. The number of nitrogens with zero attached hydrogens (tertiary/aromatic N) is 1. The SMILES string of the molecule is C=C1CCCN(C(=O)NCCNS(=O)(=O)c2cc(C)ccc2F)C1. The third-order valence-electron chi connectivity index (χ3n) is 3.73. The molecule has 0 saturated carbocycles. The summed E-state index contributed by atoms with van der Waals surface area (Å²) >= 11 is 0. The Balaban J connectivity index is 1.84. The van der Waals surface area contributed by atoms with E-state index in [9.17, 15) is 17.6 Å². The van der Waals surface area contributed by atoms with Gasteiger partial charge in [0, 0.05) is 26.2 Å². The molecule has 0 unspecified atom stereocenters. The van der Waals surface area contributed by atoms with Gasteiger partial charge in [0.05, 0.1) is 0 Å². The molecule has 2 rings (SSSR count). The number of benzene rings is 1. The zero-order chi connectivity index (χ0) is 17.7. The van der Waals surface area contributed by atoms with Crippen LogP contribution >= 0.6 is 0 Å². The highest BCUT2D eigenvalue weighted by Gasteiger charge is 2.20. The van der Waals surface area contributed by atoms with Gasteiger partial charge in [-0.2, -0.15) is 0 Å². The van der Waals surface area contributed by atoms with Crippen molar-refractivity contribution in [2.24, 2.45) is 0 Å². The summed E-state index contributed by atoms with van der Waals surface area (Å²) in [5.41, 5.74) is 1.66. The molecule has 2 N–H and O–H groups in total. The molecular weight excluding hydrogens is 333 g/mol. The molecule has 1 aromatic carbocycles. The number of halogens is 1. The number of piperidine rings is 1. The average Bonchev–Trinajstić information content (AvgIpc) is 2.53. The number of carbonyl (C=O) groups is 1. The average molecular weight is 355 g/mol. The van der Waals surface area contributed by atoms with Gasteiger partial charge < -0.3 is 10.2 Å². The van der Waals surface area contributed by atoms with Crippen LogP contribution in [0.1, 0.15) is 18.4 Å². The second-order valence-corrected chi connectivity index (χ2v) is 7.57. The van der Waals surface area contributed by atoms with Crippen LogP contribution in [0, 0.1) is 12.7 Å².